The van der Waals surface area contributed by atoms with E-state index >= 15 is 0 Å². The average Bonchev–Trinajstić information content (AvgIpc) is 2.48. The molecule has 6 heteroatoms. The molecule has 0 atom stereocenters. The molecule has 0 saturated heterocycles. The third-order valence-corrected chi connectivity index (χ3v) is 4.18. The Hall–Kier alpha value is -1.39. The first-order chi connectivity index (χ1) is 10.1. The minimum atomic E-state index is -3.47. The van der Waals surface area contributed by atoms with Crippen LogP contribution in [0.25, 0.3) is 0 Å². The molecule has 1 aromatic rings. The quantitative estimate of drug-likeness (QED) is 0.557. The molecule has 0 spiro atoms. The summed E-state index contributed by atoms with van der Waals surface area (Å²) in [7, 11) is -1.85. The van der Waals surface area contributed by atoms with Crippen molar-refractivity contribution in [1.29, 1.82) is 0 Å². The Balaban J connectivity index is 2.57. The van der Waals surface area contributed by atoms with Crippen molar-refractivity contribution >= 4 is 10.0 Å². The number of hydrogen-bond donors (Lipinski definition) is 2. The molecule has 2 N–H and O–H groups in total. The number of benzene rings is 1. The van der Waals surface area contributed by atoms with Crippen LogP contribution in [0.5, 0.6) is 0 Å². The van der Waals surface area contributed by atoms with E-state index in [2.05, 4.69) is 16.6 Å². The maximum absolute atomic E-state index is 12.0. The van der Waals surface area contributed by atoms with Crippen LogP contribution in [0.4, 0.5) is 0 Å². The summed E-state index contributed by atoms with van der Waals surface area (Å²) in [6, 6.07) is 6.37. The molecule has 0 aliphatic heterocycles. The van der Waals surface area contributed by atoms with Crippen molar-refractivity contribution in [2.24, 2.45) is 0 Å². The molecule has 116 valence electrons. The van der Waals surface area contributed by atoms with E-state index in [-0.39, 0.29) is 11.5 Å². The molecule has 0 aromatic heterocycles. The molecule has 1 rings (SSSR count). The van der Waals surface area contributed by atoms with E-state index in [4.69, 9.17) is 9.84 Å². The summed E-state index contributed by atoms with van der Waals surface area (Å²) in [5, 5.41) is 8.63. The van der Waals surface area contributed by atoms with E-state index in [9.17, 15) is 8.42 Å². The topological polar surface area (TPSA) is 75.6 Å². The van der Waals surface area contributed by atoms with Crippen molar-refractivity contribution in [3.8, 4) is 11.8 Å². The van der Waals surface area contributed by atoms with Crippen LogP contribution in [0.15, 0.2) is 29.2 Å². The van der Waals surface area contributed by atoms with Gasteiger partial charge in [-0.25, -0.2) is 13.1 Å². The van der Waals surface area contributed by atoms with E-state index in [1.54, 1.807) is 19.2 Å². The van der Waals surface area contributed by atoms with E-state index in [1.807, 2.05) is 0 Å². The number of hydrogen-bond acceptors (Lipinski definition) is 4. The first kappa shape index (κ1) is 17.7. The van der Waals surface area contributed by atoms with Crippen molar-refractivity contribution in [2.75, 3.05) is 26.9 Å². The summed E-state index contributed by atoms with van der Waals surface area (Å²) in [5.41, 5.74) is 0.725. The normalized spacial score (nSPS) is 11.0. The lowest BCUT2D eigenvalue weighted by molar-refractivity contribution is 0.193. The number of methoxy groups -OCH3 is 1. The zero-order valence-electron chi connectivity index (χ0n) is 12.1. The SMILES string of the molecule is COCCCCNS(=O)(=O)c1ccc(C#CCCO)cc1. The molecule has 0 aliphatic carbocycles. The Bertz CT molecular complexity index is 570. The second-order valence-corrected chi connectivity index (χ2v) is 6.16. The highest BCUT2D eigenvalue weighted by Gasteiger charge is 2.12. The van der Waals surface area contributed by atoms with Gasteiger partial charge >= 0.3 is 0 Å². The molecule has 0 unspecified atom stereocenters. The third-order valence-electron chi connectivity index (χ3n) is 2.70. The van der Waals surface area contributed by atoms with Crippen molar-refractivity contribution in [3.05, 3.63) is 29.8 Å². The van der Waals surface area contributed by atoms with Gasteiger partial charge in [-0.2, -0.15) is 0 Å². The van der Waals surface area contributed by atoms with Gasteiger partial charge in [0.1, 0.15) is 0 Å². The van der Waals surface area contributed by atoms with Crippen LogP contribution in [0.2, 0.25) is 0 Å². The van der Waals surface area contributed by atoms with E-state index in [0.717, 1.165) is 18.4 Å². The third kappa shape index (κ3) is 6.74. The van der Waals surface area contributed by atoms with Crippen LogP contribution in [-0.2, 0) is 14.8 Å². The highest BCUT2D eigenvalue weighted by Crippen LogP contribution is 2.10. The van der Waals surface area contributed by atoms with Crippen LogP contribution in [0.3, 0.4) is 0 Å². The summed E-state index contributed by atoms with van der Waals surface area (Å²) in [6.45, 7) is 1.04. The van der Waals surface area contributed by atoms with Gasteiger partial charge in [0.05, 0.1) is 11.5 Å². The molecular weight excluding hydrogens is 290 g/mol. The monoisotopic (exact) mass is 311 g/mol. The molecule has 0 aliphatic rings. The number of nitrogens with one attached hydrogen (secondary N) is 1. The summed E-state index contributed by atoms with van der Waals surface area (Å²) < 4.78 is 31.5. The fourth-order valence-corrected chi connectivity index (χ4v) is 2.67. The molecule has 0 saturated carbocycles. The first-order valence-electron chi connectivity index (χ1n) is 6.78. The predicted molar refractivity (Wildman–Crippen MR) is 81.3 cm³/mol. The summed E-state index contributed by atoms with van der Waals surface area (Å²) >= 11 is 0. The second kappa shape index (κ2) is 9.53. The summed E-state index contributed by atoms with van der Waals surface area (Å²) in [5.74, 6) is 5.64. The largest absolute Gasteiger partial charge is 0.395 e. The standard InChI is InChI=1S/C15H21NO4S/c1-20-13-5-3-11-16-21(18,19)15-9-7-14(8-10-15)6-2-4-12-17/h7-10,16-17H,3-5,11-13H2,1H3. The predicted octanol–water partition coefficient (Wildman–Crippen LogP) is 1.13. The lowest BCUT2D eigenvalue weighted by atomic mass is 10.2. The van der Waals surface area contributed by atoms with Gasteiger partial charge in [-0.1, -0.05) is 11.8 Å². The molecule has 1 aromatic carbocycles. The maximum Gasteiger partial charge on any atom is 0.240 e. The molecule has 0 amide bonds. The maximum atomic E-state index is 12.0. The Morgan fingerprint density at radius 1 is 1.24 bits per heavy atom. The minimum absolute atomic E-state index is 0.0203. The van der Waals surface area contributed by atoms with Crippen molar-refractivity contribution in [2.45, 2.75) is 24.2 Å². The van der Waals surface area contributed by atoms with Crippen LogP contribution in [0, 0.1) is 11.8 Å². The molecule has 0 radical (unpaired) electrons. The molecule has 21 heavy (non-hydrogen) atoms. The molecule has 0 bridgehead atoms. The second-order valence-electron chi connectivity index (χ2n) is 4.40. The Labute approximate surface area is 126 Å². The van der Waals surface area contributed by atoms with Gasteiger partial charge in [-0.3, -0.25) is 0 Å². The van der Waals surface area contributed by atoms with Gasteiger partial charge in [0.25, 0.3) is 0 Å². The van der Waals surface area contributed by atoms with Crippen LogP contribution in [0.1, 0.15) is 24.8 Å². The zero-order chi connectivity index (χ0) is 15.6. The zero-order valence-corrected chi connectivity index (χ0v) is 12.9. The van der Waals surface area contributed by atoms with Crippen molar-refractivity contribution < 1.29 is 18.3 Å². The van der Waals surface area contributed by atoms with Crippen molar-refractivity contribution in [1.82, 2.24) is 4.72 Å². The lowest BCUT2D eigenvalue weighted by Gasteiger charge is -2.06. The minimum Gasteiger partial charge on any atom is -0.395 e. The fourth-order valence-electron chi connectivity index (χ4n) is 1.60. The summed E-state index contributed by atoms with van der Waals surface area (Å²) in [4.78, 5) is 0.224. The number of aliphatic hydroxyl groups excluding tert-OH is 1. The number of rotatable bonds is 8. The van der Waals surface area contributed by atoms with E-state index in [1.165, 1.54) is 12.1 Å². The van der Waals surface area contributed by atoms with Crippen LogP contribution < -0.4 is 4.72 Å². The Kier molecular flexibility index (Phi) is 8.01. The first-order valence-corrected chi connectivity index (χ1v) is 8.27. The highest BCUT2D eigenvalue weighted by atomic mass is 32.2. The molecule has 0 fully saturated rings. The van der Waals surface area contributed by atoms with Gasteiger partial charge in [0.2, 0.25) is 10.0 Å². The van der Waals surface area contributed by atoms with Crippen LogP contribution in [-0.4, -0.2) is 40.4 Å². The van der Waals surface area contributed by atoms with Gasteiger partial charge in [0.15, 0.2) is 0 Å². The van der Waals surface area contributed by atoms with E-state index < -0.39 is 10.0 Å². The van der Waals surface area contributed by atoms with Gasteiger partial charge < -0.3 is 9.84 Å². The van der Waals surface area contributed by atoms with Gasteiger partial charge in [0, 0.05) is 32.2 Å². The van der Waals surface area contributed by atoms with Crippen molar-refractivity contribution in [3.63, 3.8) is 0 Å². The average molecular weight is 311 g/mol. The Morgan fingerprint density at radius 3 is 2.57 bits per heavy atom. The van der Waals surface area contributed by atoms with Gasteiger partial charge in [-0.15, -0.1) is 0 Å². The molecule has 0 heterocycles. The Morgan fingerprint density at radius 2 is 1.95 bits per heavy atom. The lowest BCUT2D eigenvalue weighted by Crippen LogP contribution is -2.24. The van der Waals surface area contributed by atoms with Crippen LogP contribution >= 0.6 is 0 Å². The van der Waals surface area contributed by atoms with Gasteiger partial charge in [-0.05, 0) is 37.1 Å². The smallest absolute Gasteiger partial charge is 0.240 e. The number of unbranched alkanes of at least 4 members (excludes halogenated alkanes) is 1. The number of aliphatic hydroxyl groups is 1. The summed E-state index contributed by atoms with van der Waals surface area (Å²) in [6.07, 6.45) is 1.96. The highest BCUT2D eigenvalue weighted by molar-refractivity contribution is 7.89. The molecule has 5 nitrogen and oxygen atoms in total. The molecular formula is C15H21NO4S. The fraction of sp³-hybridized carbons (Fsp3) is 0.467. The number of ether oxygens (including phenoxy) is 1. The van der Waals surface area contributed by atoms with E-state index in [0.29, 0.717) is 19.6 Å². The number of sulfonamides is 1.